The summed E-state index contributed by atoms with van der Waals surface area (Å²) in [7, 11) is 0. The van der Waals surface area contributed by atoms with Gasteiger partial charge < -0.3 is 9.88 Å². The third kappa shape index (κ3) is 3.19. The molecule has 0 spiro atoms. The molecule has 5 heterocycles. The number of carbonyl (C=O) groups excluding carboxylic acids is 1. The second kappa shape index (κ2) is 7.31. The summed E-state index contributed by atoms with van der Waals surface area (Å²) in [6.45, 7) is 3.59. The summed E-state index contributed by atoms with van der Waals surface area (Å²) in [5.41, 5.74) is 3.68. The van der Waals surface area contributed by atoms with Gasteiger partial charge in [-0.15, -0.1) is 0 Å². The van der Waals surface area contributed by atoms with E-state index in [1.165, 1.54) is 11.9 Å². The number of pyridine rings is 1. The number of nitrogens with one attached hydrogen (secondary N) is 1. The molecule has 3 atom stereocenters. The van der Waals surface area contributed by atoms with Gasteiger partial charge in [0.2, 0.25) is 0 Å². The largest absolute Gasteiger partial charge is 0.347 e. The Bertz CT molecular complexity index is 1200. The number of imidazole rings is 1. The first-order chi connectivity index (χ1) is 15.3. The summed E-state index contributed by atoms with van der Waals surface area (Å²) in [5, 5.41) is 4.13. The molecule has 0 radical (unpaired) electrons. The van der Waals surface area contributed by atoms with Crippen molar-refractivity contribution in [2.24, 2.45) is 11.8 Å². The first kappa shape index (κ1) is 18.3. The lowest BCUT2D eigenvalue weighted by atomic mass is 9.89. The van der Waals surface area contributed by atoms with Gasteiger partial charge in [0.05, 0.1) is 12.4 Å². The van der Waals surface area contributed by atoms with Gasteiger partial charge in [-0.1, -0.05) is 30.3 Å². The maximum absolute atomic E-state index is 13.6. The molecule has 0 aliphatic carbocycles. The van der Waals surface area contributed by atoms with Crippen molar-refractivity contribution in [1.29, 1.82) is 0 Å². The van der Waals surface area contributed by atoms with Gasteiger partial charge in [0.1, 0.15) is 6.33 Å². The van der Waals surface area contributed by atoms with E-state index in [1.807, 2.05) is 24.4 Å². The zero-order valence-corrected chi connectivity index (χ0v) is 17.0. The molecule has 1 aromatic carbocycles. The molecule has 2 fully saturated rings. The topological polar surface area (TPSA) is 82.4 Å². The molecule has 8 heteroatoms. The van der Waals surface area contributed by atoms with Gasteiger partial charge in [-0.25, -0.2) is 14.5 Å². The highest BCUT2D eigenvalue weighted by atomic mass is 16.2. The molecular formula is C23H23N7O. The van der Waals surface area contributed by atoms with Crippen LogP contribution < -0.4 is 0 Å². The monoisotopic (exact) mass is 413 g/mol. The van der Waals surface area contributed by atoms with Crippen LogP contribution in [0.1, 0.15) is 27.7 Å². The lowest BCUT2D eigenvalue weighted by Gasteiger charge is -2.30. The second-order valence-electron chi connectivity index (χ2n) is 8.49. The third-order valence-electron chi connectivity index (χ3n) is 6.62. The molecule has 8 nitrogen and oxygen atoms in total. The minimum absolute atomic E-state index is 0.0638. The van der Waals surface area contributed by atoms with Gasteiger partial charge >= 0.3 is 0 Å². The Hall–Kier alpha value is -3.52. The molecule has 1 N–H and O–H groups in total. The summed E-state index contributed by atoms with van der Waals surface area (Å²) in [4.78, 5) is 29.7. The van der Waals surface area contributed by atoms with Gasteiger partial charge in [0.25, 0.3) is 5.91 Å². The van der Waals surface area contributed by atoms with Crippen LogP contribution in [-0.4, -0.2) is 59.9 Å². The summed E-state index contributed by atoms with van der Waals surface area (Å²) < 4.78 is 1.68. The Labute approximate surface area is 179 Å². The lowest BCUT2D eigenvalue weighted by Crippen LogP contribution is -2.35. The van der Waals surface area contributed by atoms with Gasteiger partial charge in [-0.2, -0.15) is 5.10 Å². The van der Waals surface area contributed by atoms with Crippen molar-refractivity contribution in [3.63, 3.8) is 0 Å². The Balaban J connectivity index is 1.30. The molecule has 6 rings (SSSR count). The highest BCUT2D eigenvalue weighted by Crippen LogP contribution is 2.45. The van der Waals surface area contributed by atoms with Gasteiger partial charge in [-0.05, 0) is 23.6 Å². The summed E-state index contributed by atoms with van der Waals surface area (Å²) in [5.74, 6) is 0.925. The van der Waals surface area contributed by atoms with E-state index in [0.717, 1.165) is 31.9 Å². The van der Waals surface area contributed by atoms with Crippen LogP contribution in [0, 0.1) is 11.8 Å². The fourth-order valence-corrected chi connectivity index (χ4v) is 5.28. The fourth-order valence-electron chi connectivity index (χ4n) is 5.28. The van der Waals surface area contributed by atoms with E-state index in [9.17, 15) is 4.79 Å². The first-order valence-electron chi connectivity index (χ1n) is 10.6. The van der Waals surface area contributed by atoms with E-state index in [-0.39, 0.29) is 11.9 Å². The molecule has 0 unspecified atom stereocenters. The van der Waals surface area contributed by atoms with Crippen molar-refractivity contribution >= 4 is 11.6 Å². The number of rotatable bonds is 4. The maximum Gasteiger partial charge on any atom is 0.254 e. The van der Waals surface area contributed by atoms with E-state index in [2.05, 4.69) is 54.1 Å². The van der Waals surface area contributed by atoms with Crippen LogP contribution in [0.2, 0.25) is 0 Å². The van der Waals surface area contributed by atoms with Crippen LogP contribution in [0.15, 0.2) is 67.5 Å². The number of hydrogen-bond acceptors (Lipinski definition) is 5. The van der Waals surface area contributed by atoms with Gasteiger partial charge in [0, 0.05) is 55.7 Å². The Morgan fingerprint density at radius 1 is 1.13 bits per heavy atom. The molecule has 156 valence electrons. The number of H-pyrrole nitrogens is 1. The lowest BCUT2D eigenvalue weighted by molar-refractivity contribution is 0.0699. The molecule has 0 bridgehead atoms. The quantitative estimate of drug-likeness (QED) is 0.556. The molecule has 4 aromatic rings. The zero-order valence-electron chi connectivity index (χ0n) is 17.0. The third-order valence-corrected chi connectivity index (χ3v) is 6.62. The number of amides is 1. The molecule has 1 amide bonds. The smallest absolute Gasteiger partial charge is 0.254 e. The fraction of sp³-hybridized carbons (Fsp3) is 0.304. The van der Waals surface area contributed by atoms with Crippen molar-refractivity contribution in [2.45, 2.75) is 12.6 Å². The number of likely N-dealkylation sites (tertiary alicyclic amines) is 2. The van der Waals surface area contributed by atoms with Crippen molar-refractivity contribution in [3.05, 3.63) is 84.3 Å². The minimum atomic E-state index is 0.0638. The summed E-state index contributed by atoms with van der Waals surface area (Å²) in [6, 6.07) is 14.2. The Morgan fingerprint density at radius 2 is 2.03 bits per heavy atom. The Morgan fingerprint density at radius 3 is 2.87 bits per heavy atom. The van der Waals surface area contributed by atoms with E-state index < -0.39 is 0 Å². The molecule has 0 saturated carbocycles. The van der Waals surface area contributed by atoms with Crippen LogP contribution in [0.4, 0.5) is 0 Å². The number of benzene rings is 1. The van der Waals surface area contributed by atoms with Crippen molar-refractivity contribution in [2.75, 3.05) is 19.6 Å². The van der Waals surface area contributed by atoms with E-state index in [0.29, 0.717) is 23.0 Å². The summed E-state index contributed by atoms with van der Waals surface area (Å²) >= 11 is 0. The zero-order chi connectivity index (χ0) is 20.8. The van der Waals surface area contributed by atoms with Crippen LogP contribution >= 0.6 is 0 Å². The number of nitrogens with zero attached hydrogens (tertiary/aromatic N) is 6. The molecule has 31 heavy (non-hydrogen) atoms. The summed E-state index contributed by atoms with van der Waals surface area (Å²) in [6.07, 6.45) is 6.92. The van der Waals surface area contributed by atoms with E-state index in [4.69, 9.17) is 0 Å². The molecule has 2 saturated heterocycles. The van der Waals surface area contributed by atoms with Crippen molar-refractivity contribution < 1.29 is 4.79 Å². The van der Waals surface area contributed by atoms with Crippen LogP contribution in [0.25, 0.3) is 5.65 Å². The van der Waals surface area contributed by atoms with Crippen molar-refractivity contribution in [3.8, 4) is 0 Å². The molecule has 3 aromatic heterocycles. The number of fused-ring (bicyclic) bond motifs is 2. The van der Waals surface area contributed by atoms with E-state index in [1.54, 1.807) is 17.0 Å². The number of aromatic amines is 1. The average molecular weight is 413 g/mol. The minimum Gasteiger partial charge on any atom is -0.347 e. The van der Waals surface area contributed by atoms with Gasteiger partial charge in [0.15, 0.2) is 5.65 Å². The highest BCUT2D eigenvalue weighted by molar-refractivity contribution is 5.95. The van der Waals surface area contributed by atoms with E-state index >= 15 is 0 Å². The van der Waals surface area contributed by atoms with Gasteiger partial charge in [-0.3, -0.25) is 9.69 Å². The van der Waals surface area contributed by atoms with Crippen LogP contribution in [0.3, 0.4) is 0 Å². The average Bonchev–Trinajstić information content (AvgIpc) is 3.58. The number of hydrogen-bond donors (Lipinski definition) is 1. The number of aromatic nitrogens is 5. The second-order valence-corrected chi connectivity index (χ2v) is 8.49. The predicted molar refractivity (Wildman–Crippen MR) is 114 cm³/mol. The van der Waals surface area contributed by atoms with Crippen LogP contribution in [0.5, 0.6) is 0 Å². The Kier molecular flexibility index (Phi) is 4.31. The van der Waals surface area contributed by atoms with Crippen molar-refractivity contribution in [1.82, 2.24) is 34.4 Å². The highest BCUT2D eigenvalue weighted by Gasteiger charge is 2.49. The standard InChI is InChI=1S/C23H23N7O/c31-23(17-6-7-30-21(8-17)26-15-27-30)29-11-18-10-28(12-19-9-24-14-25-19)13-20(18)22(29)16-4-2-1-3-5-16/h1-9,14-15,18,20,22H,10-13H2,(H,24,25)/t18-,20-,22+/m0/s1. The first-order valence-corrected chi connectivity index (χ1v) is 10.6. The molecular weight excluding hydrogens is 390 g/mol. The SMILES string of the molecule is O=C(c1ccn2ncnc2c1)N1C[C@@H]2CN(Cc3cnc[nH]3)C[C@@H]2[C@H]1c1ccccc1. The molecule has 2 aliphatic heterocycles. The normalized spacial score (nSPS) is 23.5. The molecule has 2 aliphatic rings. The van der Waals surface area contributed by atoms with Crippen LogP contribution in [-0.2, 0) is 6.54 Å². The maximum atomic E-state index is 13.6. The number of carbonyl (C=O) groups is 1. The predicted octanol–water partition coefficient (Wildman–Crippen LogP) is 2.40.